The number of nitrogens with two attached hydrogens (primary N) is 1. The number of amidine groups is 1. The highest BCUT2D eigenvalue weighted by atomic mass is 16.5. The Bertz CT molecular complexity index is 2550. The highest BCUT2D eigenvalue weighted by Crippen LogP contribution is 2.28. The van der Waals surface area contributed by atoms with Gasteiger partial charge < -0.3 is 10.5 Å². The molecule has 282 valence electrons. The molecule has 0 saturated carbocycles. The summed E-state index contributed by atoms with van der Waals surface area (Å²) >= 11 is 0. The number of para-hydroxylation sites is 1. The van der Waals surface area contributed by atoms with E-state index in [0.29, 0.717) is 18.9 Å². The molecule has 0 aromatic heterocycles. The number of benzene rings is 4. The zero-order valence-corrected chi connectivity index (χ0v) is 32.7. The topological polar surface area (TPSA) is 47.6 Å². The van der Waals surface area contributed by atoms with Gasteiger partial charge in [-0.2, -0.15) is 0 Å². The average molecular weight is 743 g/mol. The van der Waals surface area contributed by atoms with Crippen molar-refractivity contribution in [3.05, 3.63) is 250 Å². The van der Waals surface area contributed by atoms with Gasteiger partial charge in [-0.05, 0) is 93.7 Å². The van der Waals surface area contributed by atoms with Crippen molar-refractivity contribution in [3.8, 4) is 5.75 Å². The number of ether oxygens (including phenoxy) is 1. The fourth-order valence-corrected chi connectivity index (χ4v) is 7.37. The van der Waals surface area contributed by atoms with Crippen LogP contribution in [-0.4, -0.2) is 12.4 Å². The molecule has 57 heavy (non-hydrogen) atoms. The fraction of sp³-hybridized carbons (Fsp3) is 0.130. The SMILES string of the molecule is C=CC(/C1=C/C=CC(c2cccc(C3=CCC=CC=C3)c2)/C=C\C1)=c1/cccc/c1=C(C)\C(=C\C/C1=C/C=C\Cc2ccccc2OC1)N=C(N)c1ccccc1. The van der Waals surface area contributed by atoms with E-state index in [1.54, 1.807) is 0 Å². The van der Waals surface area contributed by atoms with E-state index >= 15 is 0 Å². The maximum Gasteiger partial charge on any atom is 0.131 e. The van der Waals surface area contributed by atoms with E-state index in [9.17, 15) is 0 Å². The van der Waals surface area contributed by atoms with Gasteiger partial charge in [0.2, 0.25) is 0 Å². The number of fused-ring (bicyclic) bond motifs is 1. The number of allylic oxidation sites excluding steroid dienone is 18. The number of rotatable bonds is 9. The molecule has 3 aliphatic rings. The molecule has 0 bridgehead atoms. The number of hydrogen-bond donors (Lipinski definition) is 1. The summed E-state index contributed by atoms with van der Waals surface area (Å²) in [4.78, 5) is 5.10. The summed E-state index contributed by atoms with van der Waals surface area (Å²) in [6, 6.07) is 35.6. The van der Waals surface area contributed by atoms with Gasteiger partial charge in [-0.1, -0.05) is 195 Å². The monoisotopic (exact) mass is 742 g/mol. The van der Waals surface area contributed by atoms with Gasteiger partial charge in [-0.3, -0.25) is 0 Å². The van der Waals surface area contributed by atoms with Crippen LogP contribution in [0.25, 0.3) is 16.7 Å². The lowest BCUT2D eigenvalue weighted by molar-refractivity contribution is 0.347. The molecule has 2 N–H and O–H groups in total. The summed E-state index contributed by atoms with van der Waals surface area (Å²) < 4.78 is 6.32. The normalized spacial score (nSPS) is 21.1. The van der Waals surface area contributed by atoms with Crippen LogP contribution < -0.4 is 20.9 Å². The van der Waals surface area contributed by atoms with Gasteiger partial charge in [-0.15, -0.1) is 0 Å². The van der Waals surface area contributed by atoms with Crippen molar-refractivity contribution in [2.75, 3.05) is 6.61 Å². The standard InChI is InChI=1S/C54H50N2O/c1-3-49(44-29-17-27-43(28-18-30-44)48-32-19-31-47(38-48)42-21-7-4-5-8-22-42)51-34-15-14-33-50(51)40(2)52(56-54(55)46-25-9-6-10-26-46)37-36-41-20-11-12-23-45-24-13-16-35-53(45)57-39-41/h3-7,9-22,24-29,31-35,37-38,43H,1,8,23,30,36,39H2,2H3,(H2,55,56)/b12-11-,27-17?,28-18-,41-20-,44-29+,50-40+,51-49+,52-37-. The van der Waals surface area contributed by atoms with Crippen LogP contribution in [0.4, 0.5) is 0 Å². The molecule has 1 heterocycles. The van der Waals surface area contributed by atoms with Gasteiger partial charge in [0.15, 0.2) is 0 Å². The molecule has 3 heteroatoms. The van der Waals surface area contributed by atoms with Crippen LogP contribution in [0.1, 0.15) is 54.4 Å². The largest absolute Gasteiger partial charge is 0.489 e. The predicted molar refractivity (Wildman–Crippen MR) is 242 cm³/mol. The molecule has 0 radical (unpaired) electrons. The quantitative estimate of drug-likeness (QED) is 0.105. The van der Waals surface area contributed by atoms with E-state index in [4.69, 9.17) is 15.5 Å². The molecule has 2 aliphatic carbocycles. The van der Waals surface area contributed by atoms with Crippen LogP contribution in [0.2, 0.25) is 0 Å². The Hall–Kier alpha value is -6.71. The Morgan fingerprint density at radius 1 is 0.807 bits per heavy atom. The molecule has 7 rings (SSSR count). The Balaban J connectivity index is 1.25. The smallest absolute Gasteiger partial charge is 0.131 e. The van der Waals surface area contributed by atoms with E-state index in [0.717, 1.165) is 63.4 Å². The minimum Gasteiger partial charge on any atom is -0.489 e. The van der Waals surface area contributed by atoms with E-state index < -0.39 is 0 Å². The third-order valence-electron chi connectivity index (χ3n) is 10.5. The first-order chi connectivity index (χ1) is 28.1. The number of hydrogen-bond acceptors (Lipinski definition) is 2. The molecule has 1 aliphatic heterocycles. The van der Waals surface area contributed by atoms with Crippen molar-refractivity contribution in [3.63, 3.8) is 0 Å². The second kappa shape index (κ2) is 19.2. The maximum atomic E-state index is 6.71. The van der Waals surface area contributed by atoms with Crippen molar-refractivity contribution >= 4 is 22.6 Å². The van der Waals surface area contributed by atoms with Crippen molar-refractivity contribution < 1.29 is 4.74 Å². The fourth-order valence-electron chi connectivity index (χ4n) is 7.37. The van der Waals surface area contributed by atoms with E-state index in [1.165, 1.54) is 27.8 Å². The molecule has 1 unspecified atom stereocenters. The van der Waals surface area contributed by atoms with Gasteiger partial charge in [0.25, 0.3) is 0 Å². The second-order valence-electron chi connectivity index (χ2n) is 14.3. The highest BCUT2D eigenvalue weighted by molar-refractivity contribution is 5.99. The van der Waals surface area contributed by atoms with Gasteiger partial charge >= 0.3 is 0 Å². The Morgan fingerprint density at radius 3 is 2.51 bits per heavy atom. The molecule has 4 aromatic rings. The second-order valence-corrected chi connectivity index (χ2v) is 14.3. The Labute approximate surface area is 338 Å². The van der Waals surface area contributed by atoms with Crippen LogP contribution in [0.15, 0.2) is 223 Å². The zero-order chi connectivity index (χ0) is 39.2. The summed E-state index contributed by atoms with van der Waals surface area (Å²) in [7, 11) is 0. The molecule has 3 nitrogen and oxygen atoms in total. The average Bonchev–Trinajstić information content (AvgIpc) is 3.48. The third kappa shape index (κ3) is 9.94. The van der Waals surface area contributed by atoms with Crippen molar-refractivity contribution in [2.24, 2.45) is 10.7 Å². The van der Waals surface area contributed by atoms with Crippen LogP contribution in [0.5, 0.6) is 5.75 Å². The number of aliphatic imine (C=N–C) groups is 1. The minimum absolute atomic E-state index is 0.180. The summed E-state index contributed by atoms with van der Waals surface area (Å²) in [5.74, 6) is 1.57. The Morgan fingerprint density at radius 2 is 1.63 bits per heavy atom. The van der Waals surface area contributed by atoms with Crippen molar-refractivity contribution in [1.29, 1.82) is 0 Å². The van der Waals surface area contributed by atoms with E-state index in [1.807, 2.05) is 48.5 Å². The zero-order valence-electron chi connectivity index (χ0n) is 32.7. The molecule has 0 spiro atoms. The molecule has 0 fully saturated rings. The summed E-state index contributed by atoms with van der Waals surface area (Å²) in [6.07, 6.45) is 36.1. The van der Waals surface area contributed by atoms with E-state index in [-0.39, 0.29) is 5.92 Å². The lowest BCUT2D eigenvalue weighted by atomic mass is 9.90. The maximum absolute atomic E-state index is 6.71. The molecule has 4 aromatic carbocycles. The van der Waals surface area contributed by atoms with Crippen LogP contribution in [-0.2, 0) is 6.42 Å². The first kappa shape index (κ1) is 38.6. The Kier molecular flexibility index (Phi) is 13.0. The molecule has 1 atom stereocenters. The van der Waals surface area contributed by atoms with E-state index in [2.05, 4.69) is 159 Å². The predicted octanol–water partition coefficient (Wildman–Crippen LogP) is 11.1. The van der Waals surface area contributed by atoms with Crippen LogP contribution in [0.3, 0.4) is 0 Å². The van der Waals surface area contributed by atoms with Gasteiger partial charge in [0.1, 0.15) is 18.2 Å². The van der Waals surface area contributed by atoms with Crippen molar-refractivity contribution in [1.82, 2.24) is 0 Å². The van der Waals surface area contributed by atoms with Crippen molar-refractivity contribution in [2.45, 2.75) is 38.5 Å². The lowest BCUT2D eigenvalue weighted by Crippen LogP contribution is -2.29. The molecular formula is C54H50N2O. The molecule has 0 saturated heterocycles. The molecule has 0 amide bonds. The van der Waals surface area contributed by atoms with Gasteiger partial charge in [-0.25, -0.2) is 4.99 Å². The highest BCUT2D eigenvalue weighted by Gasteiger charge is 2.12. The summed E-state index contributed by atoms with van der Waals surface area (Å²) in [5.41, 5.74) is 17.8. The summed E-state index contributed by atoms with van der Waals surface area (Å²) in [5, 5.41) is 2.19. The third-order valence-corrected chi connectivity index (χ3v) is 10.5. The van der Waals surface area contributed by atoms with Crippen LogP contribution >= 0.6 is 0 Å². The lowest BCUT2D eigenvalue weighted by Gasteiger charge is -2.14. The van der Waals surface area contributed by atoms with Gasteiger partial charge in [0.05, 0.1) is 5.70 Å². The number of nitrogens with zero attached hydrogens (tertiary/aromatic N) is 1. The first-order valence-electron chi connectivity index (χ1n) is 19.8. The summed E-state index contributed by atoms with van der Waals surface area (Å²) in [6.45, 7) is 6.95. The van der Waals surface area contributed by atoms with Gasteiger partial charge in [0, 0.05) is 11.5 Å². The minimum atomic E-state index is 0.180. The van der Waals surface area contributed by atoms with Crippen LogP contribution in [0, 0.1) is 0 Å². The molecular weight excluding hydrogens is 693 g/mol. The first-order valence-corrected chi connectivity index (χ1v) is 19.8.